The number of amides is 3. The van der Waals surface area contributed by atoms with E-state index in [-0.39, 0.29) is 24.7 Å². The van der Waals surface area contributed by atoms with Crippen LogP contribution in [0.1, 0.15) is 51.7 Å². The number of aromatic nitrogens is 1. The van der Waals surface area contributed by atoms with Crippen LogP contribution in [0.5, 0.6) is 0 Å². The summed E-state index contributed by atoms with van der Waals surface area (Å²) in [4.78, 5) is 55.5. The number of aromatic amines is 1. The Balaban J connectivity index is 1.84. The molecule has 42 heavy (non-hydrogen) atoms. The van der Waals surface area contributed by atoms with Crippen LogP contribution < -0.4 is 21.7 Å². The maximum atomic E-state index is 13.8. The van der Waals surface area contributed by atoms with Crippen LogP contribution in [-0.4, -0.2) is 57.9 Å². The lowest BCUT2D eigenvalue weighted by molar-refractivity contribution is -0.142. The number of H-pyrrole nitrogens is 1. The molecule has 0 saturated carbocycles. The number of benzene rings is 2. The van der Waals surface area contributed by atoms with Crippen molar-refractivity contribution >= 4 is 34.6 Å². The SMILES string of the molecule is CCC(C)C(N)C(=O)NC(Cc1c[nH]c2ccccc12)C(=O)NC(C(=O)NC(Cc1ccccc1)C(=O)O)C(C)CC. The summed E-state index contributed by atoms with van der Waals surface area (Å²) in [5, 5.41) is 19.0. The fourth-order valence-corrected chi connectivity index (χ4v) is 4.78. The number of para-hydroxylation sites is 1. The molecule has 0 fully saturated rings. The average molecular weight is 578 g/mol. The second-order valence-corrected chi connectivity index (χ2v) is 11.0. The molecule has 1 heterocycles. The second-order valence-electron chi connectivity index (χ2n) is 11.0. The Labute approximate surface area is 246 Å². The van der Waals surface area contributed by atoms with Crippen molar-refractivity contribution in [3.63, 3.8) is 0 Å². The monoisotopic (exact) mass is 577 g/mol. The Morgan fingerprint density at radius 3 is 2.05 bits per heavy atom. The largest absolute Gasteiger partial charge is 0.480 e. The fraction of sp³-hybridized carbons (Fsp3) is 0.438. The van der Waals surface area contributed by atoms with Crippen LogP contribution in [0.4, 0.5) is 0 Å². The Hall–Kier alpha value is -4.18. The van der Waals surface area contributed by atoms with Gasteiger partial charge in [-0.1, -0.05) is 89.1 Å². The molecular weight excluding hydrogens is 534 g/mol. The molecule has 6 atom stereocenters. The highest BCUT2D eigenvalue weighted by Gasteiger charge is 2.33. The number of hydrogen-bond acceptors (Lipinski definition) is 5. The van der Waals surface area contributed by atoms with Crippen molar-refractivity contribution in [3.05, 3.63) is 71.9 Å². The lowest BCUT2D eigenvalue weighted by atomic mass is 9.95. The van der Waals surface area contributed by atoms with Gasteiger partial charge in [-0.3, -0.25) is 14.4 Å². The Morgan fingerprint density at radius 1 is 0.786 bits per heavy atom. The van der Waals surface area contributed by atoms with Crippen LogP contribution in [0.15, 0.2) is 60.8 Å². The molecule has 0 spiro atoms. The molecule has 226 valence electrons. The van der Waals surface area contributed by atoms with Crippen molar-refractivity contribution in [1.82, 2.24) is 20.9 Å². The van der Waals surface area contributed by atoms with Crippen molar-refractivity contribution in [2.75, 3.05) is 0 Å². The number of aliphatic carboxylic acids is 1. The summed E-state index contributed by atoms with van der Waals surface area (Å²) in [7, 11) is 0. The summed E-state index contributed by atoms with van der Waals surface area (Å²) in [5.41, 5.74) is 8.65. The van der Waals surface area contributed by atoms with Crippen LogP contribution in [0.25, 0.3) is 10.9 Å². The van der Waals surface area contributed by atoms with Gasteiger partial charge in [0.2, 0.25) is 17.7 Å². The number of hydrogen-bond donors (Lipinski definition) is 6. The van der Waals surface area contributed by atoms with Gasteiger partial charge in [0, 0.05) is 29.9 Å². The van der Waals surface area contributed by atoms with Gasteiger partial charge in [-0.2, -0.15) is 0 Å². The number of carboxylic acids is 1. The van der Waals surface area contributed by atoms with Gasteiger partial charge in [0.25, 0.3) is 0 Å². The van der Waals surface area contributed by atoms with Crippen molar-refractivity contribution in [3.8, 4) is 0 Å². The van der Waals surface area contributed by atoms with E-state index in [1.54, 1.807) is 30.5 Å². The van der Waals surface area contributed by atoms with Crippen LogP contribution in [0.3, 0.4) is 0 Å². The van der Waals surface area contributed by atoms with E-state index in [2.05, 4.69) is 20.9 Å². The average Bonchev–Trinajstić information content (AvgIpc) is 3.40. The predicted molar refractivity (Wildman–Crippen MR) is 162 cm³/mol. The molecule has 3 rings (SSSR count). The predicted octanol–water partition coefficient (Wildman–Crippen LogP) is 2.91. The van der Waals surface area contributed by atoms with E-state index < -0.39 is 47.9 Å². The summed E-state index contributed by atoms with van der Waals surface area (Å²) in [5.74, 6) is -3.20. The highest BCUT2D eigenvalue weighted by atomic mass is 16.4. The number of nitrogens with two attached hydrogens (primary N) is 1. The first-order chi connectivity index (χ1) is 20.0. The number of rotatable bonds is 15. The molecule has 6 unspecified atom stereocenters. The van der Waals surface area contributed by atoms with E-state index in [1.807, 2.05) is 58.0 Å². The first-order valence-corrected chi connectivity index (χ1v) is 14.5. The van der Waals surface area contributed by atoms with Gasteiger partial charge in [0.05, 0.1) is 6.04 Å². The molecular formula is C32H43N5O5. The quantitative estimate of drug-likeness (QED) is 0.162. The molecule has 0 bridgehead atoms. The molecule has 0 radical (unpaired) electrons. The molecule has 0 aliphatic rings. The summed E-state index contributed by atoms with van der Waals surface area (Å²) in [6.07, 6.45) is 3.29. The summed E-state index contributed by atoms with van der Waals surface area (Å²) < 4.78 is 0. The van der Waals surface area contributed by atoms with Gasteiger partial charge in [-0.05, 0) is 29.0 Å². The minimum Gasteiger partial charge on any atom is -0.480 e. The molecule has 1 aromatic heterocycles. The van der Waals surface area contributed by atoms with Gasteiger partial charge in [0.1, 0.15) is 18.1 Å². The summed E-state index contributed by atoms with van der Waals surface area (Å²) in [6, 6.07) is 12.6. The number of carbonyl (C=O) groups excluding carboxylic acids is 3. The highest BCUT2D eigenvalue weighted by molar-refractivity contribution is 5.95. The molecule has 7 N–H and O–H groups in total. The van der Waals surface area contributed by atoms with Crippen molar-refractivity contribution in [1.29, 1.82) is 0 Å². The van der Waals surface area contributed by atoms with Gasteiger partial charge < -0.3 is 31.8 Å². The van der Waals surface area contributed by atoms with Gasteiger partial charge in [0.15, 0.2) is 0 Å². The first-order valence-electron chi connectivity index (χ1n) is 14.5. The zero-order chi connectivity index (χ0) is 30.8. The molecule has 10 heteroatoms. The Morgan fingerprint density at radius 2 is 1.40 bits per heavy atom. The lowest BCUT2D eigenvalue weighted by Gasteiger charge is -2.28. The van der Waals surface area contributed by atoms with Gasteiger partial charge in [-0.15, -0.1) is 0 Å². The molecule has 0 aliphatic carbocycles. The first kappa shape index (κ1) is 32.3. The van der Waals surface area contributed by atoms with E-state index >= 15 is 0 Å². The smallest absolute Gasteiger partial charge is 0.326 e. The molecule has 0 saturated heterocycles. The van der Waals surface area contributed by atoms with Crippen molar-refractivity contribution < 1.29 is 24.3 Å². The Kier molecular flexibility index (Phi) is 11.7. The van der Waals surface area contributed by atoms with E-state index in [9.17, 15) is 24.3 Å². The van der Waals surface area contributed by atoms with E-state index in [4.69, 9.17) is 5.73 Å². The van der Waals surface area contributed by atoms with Crippen LogP contribution in [-0.2, 0) is 32.0 Å². The van der Waals surface area contributed by atoms with Crippen molar-refractivity contribution in [2.45, 2.75) is 77.5 Å². The third kappa shape index (κ3) is 8.42. The highest BCUT2D eigenvalue weighted by Crippen LogP contribution is 2.20. The summed E-state index contributed by atoms with van der Waals surface area (Å²) >= 11 is 0. The number of fused-ring (bicyclic) bond motifs is 1. The van der Waals surface area contributed by atoms with Crippen LogP contribution in [0, 0.1) is 11.8 Å². The van der Waals surface area contributed by atoms with Gasteiger partial charge in [-0.25, -0.2) is 4.79 Å². The normalized spacial score (nSPS) is 15.5. The number of carbonyl (C=O) groups is 4. The minimum atomic E-state index is -1.18. The number of nitrogens with one attached hydrogen (secondary N) is 4. The fourth-order valence-electron chi connectivity index (χ4n) is 4.78. The maximum absolute atomic E-state index is 13.8. The molecule has 2 aromatic carbocycles. The number of carboxylic acid groups (broad SMARTS) is 1. The minimum absolute atomic E-state index is 0.0931. The van der Waals surface area contributed by atoms with E-state index in [0.29, 0.717) is 12.8 Å². The molecule has 0 aliphatic heterocycles. The van der Waals surface area contributed by atoms with E-state index in [1.165, 1.54) is 0 Å². The molecule has 3 aromatic rings. The van der Waals surface area contributed by atoms with Crippen molar-refractivity contribution in [2.24, 2.45) is 17.6 Å². The zero-order valence-electron chi connectivity index (χ0n) is 24.7. The molecule has 10 nitrogen and oxygen atoms in total. The van der Waals surface area contributed by atoms with E-state index in [0.717, 1.165) is 22.0 Å². The zero-order valence-corrected chi connectivity index (χ0v) is 24.7. The third-order valence-electron chi connectivity index (χ3n) is 7.98. The third-order valence-corrected chi connectivity index (χ3v) is 7.98. The van der Waals surface area contributed by atoms with Crippen LogP contribution in [0.2, 0.25) is 0 Å². The van der Waals surface area contributed by atoms with Crippen LogP contribution >= 0.6 is 0 Å². The second kappa shape index (κ2) is 15.2. The van der Waals surface area contributed by atoms with Gasteiger partial charge >= 0.3 is 5.97 Å². The standard InChI is InChI=1S/C32H43N5O5/c1-5-19(3)27(33)30(39)35-25(17-22-18-34-24-15-11-10-14-23(22)24)29(38)37-28(20(4)6-2)31(40)36-26(32(41)42)16-21-12-8-7-9-13-21/h7-15,18-20,25-28,34H,5-6,16-17,33H2,1-4H3,(H,35,39)(H,36,40)(H,37,38)(H,41,42). The summed E-state index contributed by atoms with van der Waals surface area (Å²) in [6.45, 7) is 7.50. The topological polar surface area (TPSA) is 166 Å². The molecule has 3 amide bonds. The lowest BCUT2D eigenvalue weighted by Crippen LogP contribution is -2.59. The Bertz CT molecular complexity index is 1360. The maximum Gasteiger partial charge on any atom is 0.326 e.